The van der Waals surface area contributed by atoms with Crippen molar-refractivity contribution in [2.45, 2.75) is 20.4 Å². The van der Waals surface area contributed by atoms with Crippen molar-refractivity contribution in [3.05, 3.63) is 53.9 Å². The highest BCUT2D eigenvalue weighted by molar-refractivity contribution is 5.91. The van der Waals surface area contributed by atoms with E-state index in [4.69, 9.17) is 4.74 Å². The number of aromatic nitrogens is 3. The molecule has 0 saturated heterocycles. The molecule has 0 fully saturated rings. The number of carbonyl (C=O) groups is 2. The maximum atomic E-state index is 11.8. The first-order valence-corrected chi connectivity index (χ1v) is 7.65. The van der Waals surface area contributed by atoms with Gasteiger partial charge in [-0.15, -0.1) is 0 Å². The number of nitrogens with one attached hydrogen (secondary N) is 1. The fourth-order valence-corrected chi connectivity index (χ4v) is 2.00. The lowest BCUT2D eigenvalue weighted by Crippen LogP contribution is -2.25. The highest BCUT2D eigenvalue weighted by atomic mass is 16.5. The van der Waals surface area contributed by atoms with Gasteiger partial charge in [0.15, 0.2) is 5.69 Å². The lowest BCUT2D eigenvalue weighted by molar-refractivity contribution is -0.116. The van der Waals surface area contributed by atoms with E-state index in [2.05, 4.69) is 15.3 Å². The molecule has 0 aliphatic rings. The second-order valence-electron chi connectivity index (χ2n) is 5.14. The van der Waals surface area contributed by atoms with Crippen LogP contribution in [0.25, 0.3) is 6.08 Å². The molecule has 7 heteroatoms. The van der Waals surface area contributed by atoms with Crippen LogP contribution >= 0.6 is 0 Å². The van der Waals surface area contributed by atoms with Gasteiger partial charge in [0.2, 0.25) is 5.91 Å². The summed E-state index contributed by atoms with van der Waals surface area (Å²) in [7, 11) is 0. The molecule has 2 rings (SSSR count). The van der Waals surface area contributed by atoms with Crippen molar-refractivity contribution in [1.82, 2.24) is 19.9 Å². The Balaban J connectivity index is 1.77. The number of nitrogens with zero attached hydrogens (tertiary/aromatic N) is 3. The van der Waals surface area contributed by atoms with E-state index >= 15 is 0 Å². The van der Waals surface area contributed by atoms with E-state index in [0.717, 1.165) is 11.1 Å². The smallest absolute Gasteiger partial charge is 0.358 e. The number of pyridine rings is 1. The van der Waals surface area contributed by atoms with Crippen molar-refractivity contribution < 1.29 is 14.3 Å². The van der Waals surface area contributed by atoms with Crippen LogP contribution in [-0.4, -0.2) is 39.6 Å². The van der Waals surface area contributed by atoms with E-state index in [9.17, 15) is 9.59 Å². The van der Waals surface area contributed by atoms with Gasteiger partial charge in [-0.1, -0.05) is 0 Å². The summed E-state index contributed by atoms with van der Waals surface area (Å²) in [5.74, 6) is -0.641. The zero-order valence-corrected chi connectivity index (χ0v) is 13.7. The van der Waals surface area contributed by atoms with Gasteiger partial charge in [0.1, 0.15) is 0 Å². The Morgan fingerprint density at radius 1 is 1.38 bits per heavy atom. The van der Waals surface area contributed by atoms with Crippen molar-refractivity contribution in [1.29, 1.82) is 0 Å². The molecular formula is C17H20N4O3. The van der Waals surface area contributed by atoms with Crippen LogP contribution in [0.3, 0.4) is 0 Å². The quantitative estimate of drug-likeness (QED) is 0.616. The Kier molecular flexibility index (Phi) is 6.24. The average Bonchev–Trinajstić information content (AvgIpc) is 3.02. The lowest BCUT2D eigenvalue weighted by Gasteiger charge is -2.03. The summed E-state index contributed by atoms with van der Waals surface area (Å²) in [6.45, 7) is 4.93. The number of rotatable bonds is 7. The van der Waals surface area contributed by atoms with Crippen LogP contribution in [0.5, 0.6) is 0 Å². The summed E-state index contributed by atoms with van der Waals surface area (Å²) in [4.78, 5) is 31.3. The Morgan fingerprint density at radius 3 is 2.96 bits per heavy atom. The molecule has 1 amide bonds. The lowest BCUT2D eigenvalue weighted by atomic mass is 10.2. The largest absolute Gasteiger partial charge is 0.461 e. The van der Waals surface area contributed by atoms with Crippen LogP contribution in [0.1, 0.15) is 28.5 Å². The van der Waals surface area contributed by atoms with Crippen LogP contribution in [0, 0.1) is 6.92 Å². The van der Waals surface area contributed by atoms with Crippen LogP contribution in [0.2, 0.25) is 0 Å². The highest BCUT2D eigenvalue weighted by Gasteiger charge is 2.09. The predicted molar refractivity (Wildman–Crippen MR) is 89.2 cm³/mol. The zero-order chi connectivity index (χ0) is 17.4. The highest BCUT2D eigenvalue weighted by Crippen LogP contribution is 2.03. The molecule has 2 heterocycles. The number of ether oxygens (including phenoxy) is 1. The molecule has 0 aliphatic carbocycles. The van der Waals surface area contributed by atoms with E-state index in [1.54, 1.807) is 36.2 Å². The summed E-state index contributed by atoms with van der Waals surface area (Å²) in [6, 6.07) is 1.94. The molecule has 0 aromatic carbocycles. The number of hydrogen-bond donors (Lipinski definition) is 1. The molecule has 126 valence electrons. The number of carbonyl (C=O) groups excluding carboxylic acids is 2. The van der Waals surface area contributed by atoms with Gasteiger partial charge in [0.05, 0.1) is 12.9 Å². The predicted octanol–water partition coefficient (Wildman–Crippen LogP) is 1.59. The van der Waals surface area contributed by atoms with Crippen molar-refractivity contribution in [2.75, 3.05) is 13.2 Å². The average molecular weight is 328 g/mol. The number of esters is 1. The van der Waals surface area contributed by atoms with Crippen molar-refractivity contribution in [3.8, 4) is 0 Å². The fourth-order valence-electron chi connectivity index (χ4n) is 2.00. The van der Waals surface area contributed by atoms with Crippen molar-refractivity contribution in [2.24, 2.45) is 0 Å². The number of imidazole rings is 1. The second-order valence-corrected chi connectivity index (χ2v) is 5.14. The van der Waals surface area contributed by atoms with Gasteiger partial charge in [-0.05, 0) is 37.1 Å². The summed E-state index contributed by atoms with van der Waals surface area (Å²) in [5, 5.41) is 2.77. The Labute approximate surface area is 140 Å². The molecule has 0 aliphatic heterocycles. The maximum Gasteiger partial charge on any atom is 0.358 e. The van der Waals surface area contributed by atoms with Crippen molar-refractivity contribution >= 4 is 18.0 Å². The minimum absolute atomic E-state index is 0.192. The molecule has 0 bridgehead atoms. The van der Waals surface area contributed by atoms with Gasteiger partial charge < -0.3 is 14.6 Å². The summed E-state index contributed by atoms with van der Waals surface area (Å²) in [6.07, 6.45) is 9.76. The molecule has 0 spiro atoms. The first kappa shape index (κ1) is 17.4. The molecule has 2 aromatic rings. The molecule has 2 aromatic heterocycles. The van der Waals surface area contributed by atoms with E-state index < -0.39 is 5.97 Å². The van der Waals surface area contributed by atoms with Gasteiger partial charge in [-0.2, -0.15) is 0 Å². The standard InChI is InChI=1S/C17H20N4O3/c1-3-24-17(23)15-11-21(12-20-15)7-6-19-16(22)5-4-14-8-13(2)9-18-10-14/h4-5,8-12H,3,6-7H2,1-2H3,(H,19,22)/b5-4+. The normalized spacial score (nSPS) is 10.8. The van der Waals surface area contributed by atoms with Crippen molar-refractivity contribution in [3.63, 3.8) is 0 Å². The summed E-state index contributed by atoms with van der Waals surface area (Å²) >= 11 is 0. The molecule has 0 atom stereocenters. The maximum absolute atomic E-state index is 11.8. The summed E-state index contributed by atoms with van der Waals surface area (Å²) in [5.41, 5.74) is 2.17. The van der Waals surface area contributed by atoms with E-state index in [1.165, 1.54) is 12.4 Å². The van der Waals surface area contributed by atoms with E-state index in [-0.39, 0.29) is 11.6 Å². The van der Waals surface area contributed by atoms with E-state index in [0.29, 0.717) is 19.7 Å². The number of amides is 1. The van der Waals surface area contributed by atoms with Gasteiger partial charge in [0, 0.05) is 37.8 Å². The Morgan fingerprint density at radius 2 is 2.21 bits per heavy atom. The summed E-state index contributed by atoms with van der Waals surface area (Å²) < 4.78 is 6.59. The number of hydrogen-bond acceptors (Lipinski definition) is 5. The molecule has 0 radical (unpaired) electrons. The topological polar surface area (TPSA) is 86.1 Å². The molecular weight excluding hydrogens is 308 g/mol. The van der Waals surface area contributed by atoms with Crippen LogP contribution < -0.4 is 5.32 Å². The molecule has 24 heavy (non-hydrogen) atoms. The number of aryl methyl sites for hydroxylation is 1. The third-order valence-electron chi connectivity index (χ3n) is 3.11. The molecule has 7 nitrogen and oxygen atoms in total. The Bertz CT molecular complexity index is 737. The zero-order valence-electron chi connectivity index (χ0n) is 13.7. The van der Waals surface area contributed by atoms with Gasteiger partial charge in [0.25, 0.3) is 0 Å². The first-order valence-electron chi connectivity index (χ1n) is 7.65. The van der Waals surface area contributed by atoms with Gasteiger partial charge in [-0.25, -0.2) is 9.78 Å². The Hall–Kier alpha value is -2.96. The van der Waals surface area contributed by atoms with Crippen LogP contribution in [0.15, 0.2) is 37.1 Å². The minimum atomic E-state index is -0.449. The second kappa shape index (κ2) is 8.61. The van der Waals surface area contributed by atoms with E-state index in [1.807, 2.05) is 13.0 Å². The monoisotopic (exact) mass is 328 g/mol. The van der Waals surface area contributed by atoms with Gasteiger partial charge >= 0.3 is 5.97 Å². The SMILES string of the molecule is CCOC(=O)c1cn(CCNC(=O)/C=C/c2cncc(C)c2)cn1. The van der Waals surface area contributed by atoms with Crippen LogP contribution in [-0.2, 0) is 16.1 Å². The van der Waals surface area contributed by atoms with Crippen LogP contribution in [0.4, 0.5) is 0 Å². The third kappa shape index (κ3) is 5.35. The first-order chi connectivity index (χ1) is 11.6. The molecule has 0 unspecified atom stereocenters. The van der Waals surface area contributed by atoms with Gasteiger partial charge in [-0.3, -0.25) is 9.78 Å². The molecule has 1 N–H and O–H groups in total. The third-order valence-corrected chi connectivity index (χ3v) is 3.11. The minimum Gasteiger partial charge on any atom is -0.461 e. The molecule has 0 saturated carbocycles. The fraction of sp³-hybridized carbons (Fsp3) is 0.294.